The Labute approximate surface area is 166 Å². The summed E-state index contributed by atoms with van der Waals surface area (Å²) >= 11 is 1.59. The van der Waals surface area contributed by atoms with Crippen LogP contribution in [0.2, 0.25) is 0 Å². The Bertz CT molecular complexity index is 961. The van der Waals surface area contributed by atoms with E-state index in [-0.39, 0.29) is 30.5 Å². The van der Waals surface area contributed by atoms with Crippen LogP contribution in [0.4, 0.5) is 0 Å². The molecule has 8 nitrogen and oxygen atoms in total. The lowest BCUT2D eigenvalue weighted by molar-refractivity contribution is -0.142. The van der Waals surface area contributed by atoms with E-state index in [2.05, 4.69) is 4.98 Å². The summed E-state index contributed by atoms with van der Waals surface area (Å²) in [5, 5.41) is 0.669. The van der Waals surface area contributed by atoms with E-state index in [4.69, 9.17) is 4.74 Å². The summed E-state index contributed by atoms with van der Waals surface area (Å²) in [7, 11) is 1.59. The van der Waals surface area contributed by atoms with Crippen molar-refractivity contribution < 1.29 is 14.3 Å². The minimum atomic E-state index is -0.283. The number of thiophene rings is 1. The topological polar surface area (TPSA) is 84.7 Å². The lowest BCUT2D eigenvalue weighted by Crippen LogP contribution is -2.46. The predicted molar refractivity (Wildman–Crippen MR) is 106 cm³/mol. The number of carbonyl (C=O) groups is 2. The lowest BCUT2D eigenvalue weighted by atomic mass is 9.97. The van der Waals surface area contributed by atoms with Crippen LogP contribution in [0.3, 0.4) is 0 Å². The zero-order valence-corrected chi connectivity index (χ0v) is 16.8. The molecule has 0 atom stereocenters. The molecule has 0 saturated carbocycles. The van der Waals surface area contributed by atoms with Crippen molar-refractivity contribution in [1.29, 1.82) is 0 Å². The van der Waals surface area contributed by atoms with Crippen LogP contribution < -0.4 is 5.56 Å². The third-order valence-corrected chi connectivity index (χ3v) is 6.61. The molecule has 0 radical (unpaired) electrons. The zero-order chi connectivity index (χ0) is 19.7. The van der Waals surface area contributed by atoms with Crippen LogP contribution in [-0.2, 0) is 33.7 Å². The van der Waals surface area contributed by atoms with Gasteiger partial charge in [0.25, 0.3) is 5.56 Å². The molecule has 2 amide bonds. The molecule has 0 N–H and O–H groups in total. The fraction of sp³-hybridized carbons (Fsp3) is 0.579. The average molecular weight is 404 g/mol. The number of aryl methyl sites for hydroxylation is 2. The largest absolute Gasteiger partial charge is 0.378 e. The van der Waals surface area contributed by atoms with Gasteiger partial charge in [0, 0.05) is 25.0 Å². The first-order valence-electron chi connectivity index (χ1n) is 9.64. The molecule has 1 fully saturated rings. The number of rotatable bonds is 4. The maximum absolute atomic E-state index is 13.0. The first-order valence-corrected chi connectivity index (χ1v) is 10.5. The van der Waals surface area contributed by atoms with Crippen molar-refractivity contribution in [3.63, 3.8) is 0 Å². The van der Waals surface area contributed by atoms with Crippen LogP contribution in [0, 0.1) is 0 Å². The molecule has 28 heavy (non-hydrogen) atoms. The van der Waals surface area contributed by atoms with E-state index < -0.39 is 0 Å². The Morgan fingerprint density at radius 1 is 1.25 bits per heavy atom. The number of carbonyl (C=O) groups excluding carboxylic acids is 2. The monoisotopic (exact) mass is 404 g/mol. The second-order valence-electron chi connectivity index (χ2n) is 7.31. The van der Waals surface area contributed by atoms with Gasteiger partial charge in [-0.05, 0) is 31.2 Å². The van der Waals surface area contributed by atoms with Crippen molar-refractivity contribution in [2.24, 2.45) is 0 Å². The highest BCUT2D eigenvalue weighted by Gasteiger charge is 2.23. The minimum absolute atomic E-state index is 0.00287. The predicted octanol–water partition coefficient (Wildman–Crippen LogP) is 0.654. The van der Waals surface area contributed by atoms with Gasteiger partial charge in [0.1, 0.15) is 11.4 Å². The van der Waals surface area contributed by atoms with Crippen molar-refractivity contribution in [2.75, 3.05) is 39.9 Å². The van der Waals surface area contributed by atoms with E-state index in [1.54, 1.807) is 23.3 Å². The fourth-order valence-corrected chi connectivity index (χ4v) is 4.98. The summed E-state index contributed by atoms with van der Waals surface area (Å²) < 4.78 is 6.61. The molecule has 0 unspecified atom stereocenters. The van der Waals surface area contributed by atoms with Gasteiger partial charge in [-0.15, -0.1) is 11.3 Å². The summed E-state index contributed by atoms with van der Waals surface area (Å²) in [6, 6.07) is 0. The fourth-order valence-electron chi connectivity index (χ4n) is 3.76. The summed E-state index contributed by atoms with van der Waals surface area (Å²) in [5.74, 6) is -0.388. The third-order valence-electron chi connectivity index (χ3n) is 5.41. The summed E-state index contributed by atoms with van der Waals surface area (Å²) in [6.07, 6.45) is 5.58. The molecule has 0 aromatic carbocycles. The van der Waals surface area contributed by atoms with Gasteiger partial charge < -0.3 is 14.5 Å². The van der Waals surface area contributed by atoms with E-state index in [9.17, 15) is 14.4 Å². The number of hydrogen-bond acceptors (Lipinski definition) is 6. The van der Waals surface area contributed by atoms with Gasteiger partial charge in [-0.3, -0.25) is 19.0 Å². The van der Waals surface area contributed by atoms with Crippen molar-refractivity contribution in [2.45, 2.75) is 32.2 Å². The molecule has 0 bridgehead atoms. The molecule has 2 aliphatic rings. The summed E-state index contributed by atoms with van der Waals surface area (Å²) in [4.78, 5) is 47.4. The van der Waals surface area contributed by atoms with E-state index in [0.717, 1.165) is 36.1 Å². The first-order chi connectivity index (χ1) is 13.5. The molecule has 2 aromatic rings. The van der Waals surface area contributed by atoms with Crippen LogP contribution in [0.5, 0.6) is 0 Å². The van der Waals surface area contributed by atoms with Crippen molar-refractivity contribution in [3.05, 3.63) is 27.1 Å². The maximum atomic E-state index is 13.0. The van der Waals surface area contributed by atoms with Gasteiger partial charge in [0.15, 0.2) is 0 Å². The van der Waals surface area contributed by atoms with Crippen molar-refractivity contribution in [3.8, 4) is 0 Å². The van der Waals surface area contributed by atoms with Gasteiger partial charge in [0.05, 0.1) is 31.5 Å². The third kappa shape index (κ3) is 3.68. The van der Waals surface area contributed by atoms with Gasteiger partial charge in [-0.2, -0.15) is 0 Å². The van der Waals surface area contributed by atoms with Crippen molar-refractivity contribution >= 4 is 33.4 Å². The molecular formula is C19H24N4O4S. The Morgan fingerprint density at radius 2 is 2.00 bits per heavy atom. The normalized spacial score (nSPS) is 16.8. The van der Waals surface area contributed by atoms with Crippen LogP contribution in [-0.4, -0.2) is 71.1 Å². The molecule has 1 saturated heterocycles. The Balaban J connectivity index is 1.48. The average Bonchev–Trinajstić information content (AvgIpc) is 3.10. The number of aromatic nitrogens is 2. The van der Waals surface area contributed by atoms with Crippen LogP contribution in [0.25, 0.3) is 10.2 Å². The smallest absolute Gasteiger partial charge is 0.262 e. The second kappa shape index (κ2) is 8.00. The van der Waals surface area contributed by atoms with E-state index in [1.165, 1.54) is 20.7 Å². The Kier molecular flexibility index (Phi) is 5.45. The number of ether oxygens (including phenoxy) is 1. The molecule has 2 aromatic heterocycles. The molecule has 0 spiro atoms. The number of nitrogens with zero attached hydrogens (tertiary/aromatic N) is 4. The standard InChI is InChI=1S/C19H24N4O4S/c1-21(10-16(25)22-6-8-27-9-7-22)15(24)11-23-12-20-18-17(19(23)26)13-4-2-3-5-14(13)28-18/h12H,2-11H2,1H3. The molecular weight excluding hydrogens is 380 g/mol. The Morgan fingerprint density at radius 3 is 2.79 bits per heavy atom. The Hall–Kier alpha value is -2.26. The van der Waals surface area contributed by atoms with Crippen LogP contribution >= 0.6 is 11.3 Å². The van der Waals surface area contributed by atoms with E-state index >= 15 is 0 Å². The number of likely N-dealkylation sites (N-methyl/N-ethyl adjacent to an activating group) is 1. The van der Waals surface area contributed by atoms with Crippen LogP contribution in [0.1, 0.15) is 23.3 Å². The quantitative estimate of drug-likeness (QED) is 0.747. The van der Waals surface area contributed by atoms with E-state index in [1.807, 2.05) is 0 Å². The van der Waals surface area contributed by atoms with Gasteiger partial charge in [0.2, 0.25) is 11.8 Å². The maximum Gasteiger partial charge on any atom is 0.262 e. The van der Waals surface area contributed by atoms with Crippen molar-refractivity contribution in [1.82, 2.24) is 19.4 Å². The number of hydrogen-bond donors (Lipinski definition) is 0. The SMILES string of the molecule is CN(CC(=O)N1CCOCC1)C(=O)Cn1cnc2sc3c(c2c1=O)CCCC3. The van der Waals surface area contributed by atoms with Crippen LogP contribution in [0.15, 0.2) is 11.1 Å². The highest BCUT2D eigenvalue weighted by Crippen LogP contribution is 2.33. The molecule has 1 aliphatic heterocycles. The molecule has 4 rings (SSSR count). The molecule has 1 aliphatic carbocycles. The highest BCUT2D eigenvalue weighted by atomic mass is 32.1. The number of amides is 2. The zero-order valence-electron chi connectivity index (χ0n) is 16.0. The van der Waals surface area contributed by atoms with Gasteiger partial charge >= 0.3 is 0 Å². The number of fused-ring (bicyclic) bond motifs is 3. The summed E-state index contributed by atoms with van der Waals surface area (Å²) in [6.45, 7) is 2.02. The molecule has 150 valence electrons. The number of morpholine rings is 1. The highest BCUT2D eigenvalue weighted by molar-refractivity contribution is 7.18. The lowest BCUT2D eigenvalue weighted by Gasteiger charge is -2.28. The van der Waals surface area contributed by atoms with E-state index in [0.29, 0.717) is 31.7 Å². The second-order valence-corrected chi connectivity index (χ2v) is 8.40. The minimum Gasteiger partial charge on any atom is -0.378 e. The molecule has 3 heterocycles. The van der Waals surface area contributed by atoms with Gasteiger partial charge in [-0.1, -0.05) is 0 Å². The first kappa shape index (κ1) is 19.1. The van der Waals surface area contributed by atoms with Gasteiger partial charge in [-0.25, -0.2) is 4.98 Å². The summed E-state index contributed by atoms with van der Waals surface area (Å²) in [5.41, 5.74) is 0.951. The molecule has 9 heteroatoms.